The molecule has 0 atom stereocenters. The highest BCUT2D eigenvalue weighted by atomic mass is 27.2. The Bertz CT molecular complexity index is 434. The fraction of sp³-hybridized carbons (Fsp3) is 0.333. The van der Waals surface area contributed by atoms with E-state index < -0.39 is 14.4 Å². The van der Waals surface area contributed by atoms with Gasteiger partial charge in [0.05, 0.1) is 0 Å². The standard InChI is InChI=1S/C10H11N2.2CH3.Al/c11-6-5-8-7-12-10-4-2-1-3-9(8)10;;;/h1-4,7,11-12H,5-6H2;2*1H3;/q-1;;;+1. The molecular formula is C12H17AlN2. The van der Waals surface area contributed by atoms with Gasteiger partial charge < -0.3 is 9.28 Å². The first-order valence-corrected chi connectivity index (χ1v) is 8.44. The van der Waals surface area contributed by atoms with Crippen LogP contribution >= 0.6 is 0 Å². The predicted molar refractivity (Wildman–Crippen MR) is 67.5 cm³/mol. The van der Waals surface area contributed by atoms with Crippen LogP contribution in [-0.4, -0.2) is 25.9 Å². The Hall–Kier alpha value is -0.748. The molecule has 0 radical (unpaired) electrons. The summed E-state index contributed by atoms with van der Waals surface area (Å²) in [4.78, 5) is 3.31. The van der Waals surface area contributed by atoms with Crippen LogP contribution in [0.5, 0.6) is 0 Å². The molecule has 2 N–H and O–H groups in total. The molecule has 0 saturated carbocycles. The first kappa shape index (κ1) is 10.8. The summed E-state index contributed by atoms with van der Waals surface area (Å²) in [6.07, 6.45) is 3.25. The van der Waals surface area contributed by atoms with Crippen LogP contribution in [0.4, 0.5) is 0 Å². The summed E-state index contributed by atoms with van der Waals surface area (Å²) < 4.78 is 3.57. The Morgan fingerprint density at radius 2 is 2.07 bits per heavy atom. The van der Waals surface area contributed by atoms with Crippen LogP contribution in [0.1, 0.15) is 5.56 Å². The minimum absolute atomic E-state index is 0.615. The van der Waals surface area contributed by atoms with Crippen molar-refractivity contribution in [2.75, 3.05) is 6.54 Å². The Balaban J connectivity index is 2.08. The number of H-pyrrole nitrogens is 1. The van der Waals surface area contributed by atoms with Gasteiger partial charge in [-0.3, -0.25) is 0 Å². The van der Waals surface area contributed by atoms with E-state index in [4.69, 9.17) is 0 Å². The maximum atomic E-state index is 3.57. The molecule has 0 fully saturated rings. The molecule has 0 aliphatic carbocycles. The molecule has 3 heteroatoms. The van der Waals surface area contributed by atoms with Gasteiger partial charge in [0.1, 0.15) is 0 Å². The van der Waals surface area contributed by atoms with E-state index in [0.29, 0.717) is 0 Å². The minimum Gasteiger partial charge on any atom is -0.399 e. The fourth-order valence-electron chi connectivity index (χ4n) is 1.83. The lowest BCUT2D eigenvalue weighted by Gasteiger charge is -2.03. The van der Waals surface area contributed by atoms with Gasteiger partial charge in [-0.15, -0.1) is 0 Å². The SMILES string of the molecule is [CH3][Al]([CH3])[NH]CCc1c[nH]c2ccccc12. The largest absolute Gasteiger partial charge is 0.399 e. The third kappa shape index (κ3) is 2.63. The summed E-state index contributed by atoms with van der Waals surface area (Å²) in [5.41, 5.74) is 2.67. The molecule has 0 spiro atoms. The molecule has 2 aromatic rings. The van der Waals surface area contributed by atoms with Crippen LogP contribution < -0.4 is 4.30 Å². The highest BCUT2D eigenvalue weighted by Crippen LogP contribution is 2.17. The van der Waals surface area contributed by atoms with E-state index in [1.54, 1.807) is 0 Å². The smallest absolute Gasteiger partial charge is 0.363 e. The monoisotopic (exact) mass is 216 g/mol. The van der Waals surface area contributed by atoms with Gasteiger partial charge in [-0.2, -0.15) is 0 Å². The summed E-state index contributed by atoms with van der Waals surface area (Å²) in [5.74, 6) is 4.63. The van der Waals surface area contributed by atoms with Gasteiger partial charge in [-0.25, -0.2) is 0 Å². The molecule has 1 heterocycles. The number of para-hydroxylation sites is 1. The van der Waals surface area contributed by atoms with Gasteiger partial charge in [-0.05, 0) is 24.6 Å². The molecule has 0 aliphatic rings. The maximum absolute atomic E-state index is 3.57. The number of aromatic nitrogens is 1. The number of hydrogen-bond donors (Lipinski definition) is 2. The van der Waals surface area contributed by atoms with Crippen LogP contribution in [0, 0.1) is 0 Å². The number of hydrogen-bond acceptors (Lipinski definition) is 1. The van der Waals surface area contributed by atoms with Crippen molar-refractivity contribution in [2.45, 2.75) is 18.0 Å². The van der Waals surface area contributed by atoms with Crippen molar-refractivity contribution in [1.29, 1.82) is 0 Å². The third-order valence-electron chi connectivity index (χ3n) is 2.62. The maximum Gasteiger partial charge on any atom is 0.363 e. The van der Waals surface area contributed by atoms with Crippen molar-refractivity contribution in [3.8, 4) is 0 Å². The first-order chi connectivity index (χ1) is 7.27. The summed E-state index contributed by atoms with van der Waals surface area (Å²) in [6, 6.07) is 8.49. The molecular weight excluding hydrogens is 199 g/mol. The van der Waals surface area contributed by atoms with Crippen LogP contribution in [0.15, 0.2) is 30.5 Å². The van der Waals surface area contributed by atoms with Crippen LogP contribution in [0.2, 0.25) is 11.6 Å². The van der Waals surface area contributed by atoms with Gasteiger partial charge in [0.25, 0.3) is 0 Å². The molecule has 2 nitrogen and oxygen atoms in total. The third-order valence-corrected chi connectivity index (χ3v) is 3.73. The molecule has 1 aromatic heterocycles. The Labute approximate surface area is 95.3 Å². The van der Waals surface area contributed by atoms with Crippen molar-refractivity contribution in [3.05, 3.63) is 36.0 Å². The van der Waals surface area contributed by atoms with Gasteiger partial charge >= 0.3 is 14.4 Å². The van der Waals surface area contributed by atoms with E-state index in [1.807, 2.05) is 0 Å². The highest BCUT2D eigenvalue weighted by Gasteiger charge is 2.04. The van der Waals surface area contributed by atoms with Gasteiger partial charge in [0, 0.05) is 17.1 Å². The summed E-state index contributed by atoms with van der Waals surface area (Å²) >= 11 is -0.615. The lowest BCUT2D eigenvalue weighted by molar-refractivity contribution is 0.885. The van der Waals surface area contributed by atoms with E-state index in [0.717, 1.165) is 13.0 Å². The molecule has 2 rings (SSSR count). The first-order valence-electron chi connectivity index (χ1n) is 5.56. The van der Waals surface area contributed by atoms with Crippen molar-refractivity contribution in [3.63, 3.8) is 0 Å². The number of nitrogens with one attached hydrogen (secondary N) is 2. The lowest BCUT2D eigenvalue weighted by Crippen LogP contribution is -2.29. The molecule has 78 valence electrons. The fourth-order valence-corrected chi connectivity index (χ4v) is 2.56. The second kappa shape index (κ2) is 4.85. The number of fused-ring (bicyclic) bond motifs is 1. The second-order valence-corrected chi connectivity index (χ2v) is 6.94. The van der Waals surface area contributed by atoms with Crippen molar-refractivity contribution < 1.29 is 0 Å². The normalized spacial score (nSPS) is 10.8. The van der Waals surface area contributed by atoms with Crippen molar-refractivity contribution in [1.82, 2.24) is 9.28 Å². The van der Waals surface area contributed by atoms with Gasteiger partial charge in [-0.1, -0.05) is 29.8 Å². The van der Waals surface area contributed by atoms with Crippen LogP contribution in [0.3, 0.4) is 0 Å². The van der Waals surface area contributed by atoms with E-state index in [1.165, 1.54) is 16.5 Å². The van der Waals surface area contributed by atoms with E-state index >= 15 is 0 Å². The summed E-state index contributed by atoms with van der Waals surface area (Å²) in [6.45, 7) is 1.10. The zero-order valence-electron chi connectivity index (χ0n) is 9.38. The zero-order valence-corrected chi connectivity index (χ0v) is 10.5. The molecule has 15 heavy (non-hydrogen) atoms. The molecule has 0 bridgehead atoms. The Morgan fingerprint density at radius 1 is 1.27 bits per heavy atom. The average molecular weight is 216 g/mol. The van der Waals surface area contributed by atoms with Crippen LogP contribution in [0.25, 0.3) is 10.9 Å². The van der Waals surface area contributed by atoms with Crippen molar-refractivity contribution >= 4 is 25.3 Å². The topological polar surface area (TPSA) is 27.8 Å². The predicted octanol–water partition coefficient (Wildman–Crippen LogP) is 2.55. The average Bonchev–Trinajstić information content (AvgIpc) is 2.62. The Morgan fingerprint density at radius 3 is 2.87 bits per heavy atom. The van der Waals surface area contributed by atoms with E-state index in [-0.39, 0.29) is 0 Å². The number of rotatable bonds is 4. The quantitative estimate of drug-likeness (QED) is 0.755. The number of benzene rings is 1. The molecule has 1 aromatic carbocycles. The van der Waals surface area contributed by atoms with E-state index in [9.17, 15) is 0 Å². The van der Waals surface area contributed by atoms with Crippen LogP contribution in [-0.2, 0) is 6.42 Å². The summed E-state index contributed by atoms with van der Waals surface area (Å²) in [7, 11) is 0. The number of aromatic amines is 1. The van der Waals surface area contributed by atoms with Gasteiger partial charge in [0.15, 0.2) is 0 Å². The molecule has 0 aliphatic heterocycles. The second-order valence-electron chi connectivity index (χ2n) is 4.22. The van der Waals surface area contributed by atoms with Crippen molar-refractivity contribution in [2.24, 2.45) is 0 Å². The lowest BCUT2D eigenvalue weighted by atomic mass is 10.1. The van der Waals surface area contributed by atoms with Gasteiger partial charge in [0.2, 0.25) is 0 Å². The van der Waals surface area contributed by atoms with E-state index in [2.05, 4.69) is 51.3 Å². The minimum atomic E-state index is -0.615. The molecule has 0 saturated heterocycles. The molecule has 0 unspecified atom stereocenters. The zero-order chi connectivity index (χ0) is 10.7. The Kier molecular flexibility index (Phi) is 3.48. The summed E-state index contributed by atoms with van der Waals surface area (Å²) in [5, 5.41) is 1.37. The molecule has 0 amide bonds. The highest BCUT2D eigenvalue weighted by molar-refractivity contribution is 6.52.